The van der Waals surface area contributed by atoms with Gasteiger partial charge in [-0.2, -0.15) is 0 Å². The van der Waals surface area contributed by atoms with Crippen LogP contribution in [0.25, 0.3) is 0 Å². The molecule has 0 saturated heterocycles. The molecule has 0 fully saturated rings. The maximum Gasteiger partial charge on any atom is 0.0306 e. The summed E-state index contributed by atoms with van der Waals surface area (Å²) in [6.45, 7) is 4.65. The fraction of sp³-hybridized carbons (Fsp3) is 0.600. The summed E-state index contributed by atoms with van der Waals surface area (Å²) in [5.74, 6) is 0. The van der Waals surface area contributed by atoms with Crippen molar-refractivity contribution in [2.75, 3.05) is 0 Å². The highest BCUT2D eigenvalue weighted by atomic mass is 14.7. The van der Waals surface area contributed by atoms with Gasteiger partial charge in [0.2, 0.25) is 0 Å². The van der Waals surface area contributed by atoms with Crippen molar-refractivity contribution in [3.63, 3.8) is 0 Å². The number of hydrogen-bond acceptors (Lipinski definition) is 1. The molecule has 1 aromatic rings. The average molecular weight is 215 g/mol. The minimum atomic E-state index is 0.261. The summed E-state index contributed by atoms with van der Waals surface area (Å²) >= 11 is 0. The highest BCUT2D eigenvalue weighted by molar-refractivity contribution is 5.47. The lowest BCUT2D eigenvalue weighted by atomic mass is 9.82. The predicted octanol–water partition coefficient (Wildman–Crippen LogP) is 3.25. The van der Waals surface area contributed by atoms with Crippen LogP contribution in [0, 0.1) is 0 Å². The van der Waals surface area contributed by atoms with Crippen LogP contribution in [0.5, 0.6) is 0 Å². The van der Waals surface area contributed by atoms with Crippen molar-refractivity contribution in [2.24, 2.45) is 5.73 Å². The fourth-order valence-electron chi connectivity index (χ4n) is 3.47. The molecule has 0 heterocycles. The second-order valence-electron chi connectivity index (χ2n) is 6.11. The maximum atomic E-state index is 6.26. The van der Waals surface area contributed by atoms with Crippen molar-refractivity contribution in [1.82, 2.24) is 0 Å². The molecule has 2 aliphatic rings. The van der Waals surface area contributed by atoms with Gasteiger partial charge in [0.25, 0.3) is 0 Å². The lowest BCUT2D eigenvalue weighted by molar-refractivity contribution is 0.481. The first-order valence-corrected chi connectivity index (χ1v) is 6.50. The number of rotatable bonds is 0. The minimum absolute atomic E-state index is 0.261. The summed E-state index contributed by atoms with van der Waals surface area (Å²) in [4.78, 5) is 0. The van der Waals surface area contributed by atoms with Gasteiger partial charge >= 0.3 is 0 Å². The largest absolute Gasteiger partial charge is 0.324 e. The van der Waals surface area contributed by atoms with E-state index in [1.54, 1.807) is 11.1 Å². The summed E-state index contributed by atoms with van der Waals surface area (Å²) in [5.41, 5.74) is 12.6. The van der Waals surface area contributed by atoms with Crippen molar-refractivity contribution in [2.45, 2.75) is 57.4 Å². The van der Waals surface area contributed by atoms with E-state index >= 15 is 0 Å². The third-order valence-corrected chi connectivity index (χ3v) is 4.37. The number of aryl methyl sites for hydroxylation is 2. The van der Waals surface area contributed by atoms with Gasteiger partial charge in [-0.1, -0.05) is 26.0 Å². The molecule has 16 heavy (non-hydrogen) atoms. The summed E-state index contributed by atoms with van der Waals surface area (Å²) in [5, 5.41) is 0. The van der Waals surface area contributed by atoms with Crippen LogP contribution >= 0.6 is 0 Å². The lowest BCUT2D eigenvalue weighted by Gasteiger charge is -2.22. The molecule has 1 nitrogen and oxygen atoms in total. The van der Waals surface area contributed by atoms with E-state index in [-0.39, 0.29) is 11.5 Å². The SMILES string of the molecule is CC1(C)CC(N)c2cc3c(cc21)CCCC3. The average Bonchev–Trinajstić information content (AvgIpc) is 2.47. The molecular formula is C15H21N. The van der Waals surface area contributed by atoms with Crippen LogP contribution in [-0.2, 0) is 18.3 Å². The van der Waals surface area contributed by atoms with Crippen LogP contribution in [-0.4, -0.2) is 0 Å². The Morgan fingerprint density at radius 3 is 2.44 bits per heavy atom. The van der Waals surface area contributed by atoms with Crippen LogP contribution in [0.15, 0.2) is 12.1 Å². The Hall–Kier alpha value is -0.820. The molecule has 86 valence electrons. The van der Waals surface area contributed by atoms with Gasteiger partial charge in [-0.25, -0.2) is 0 Å². The summed E-state index contributed by atoms with van der Waals surface area (Å²) < 4.78 is 0. The Balaban J connectivity index is 2.16. The van der Waals surface area contributed by atoms with Gasteiger partial charge in [-0.15, -0.1) is 0 Å². The zero-order chi connectivity index (χ0) is 11.3. The normalized spacial score (nSPS) is 26.3. The molecule has 0 aromatic heterocycles. The molecule has 0 spiro atoms. The molecule has 1 aromatic carbocycles. The molecule has 3 rings (SSSR count). The molecule has 1 unspecified atom stereocenters. The van der Waals surface area contributed by atoms with Crippen molar-refractivity contribution < 1.29 is 0 Å². The standard InChI is InChI=1S/C15H21N/c1-15(2)9-14(16)12-7-10-5-3-4-6-11(10)8-13(12)15/h7-8,14H,3-6,9,16H2,1-2H3. The Kier molecular flexibility index (Phi) is 2.16. The Labute approximate surface area is 98.0 Å². The Bertz CT molecular complexity index is 431. The van der Waals surface area contributed by atoms with Gasteiger partial charge in [0, 0.05) is 6.04 Å². The van der Waals surface area contributed by atoms with Gasteiger partial charge < -0.3 is 5.73 Å². The molecule has 1 atom stereocenters. The van der Waals surface area contributed by atoms with Crippen molar-refractivity contribution in [3.8, 4) is 0 Å². The zero-order valence-corrected chi connectivity index (χ0v) is 10.3. The van der Waals surface area contributed by atoms with Crippen molar-refractivity contribution in [3.05, 3.63) is 34.4 Å². The quantitative estimate of drug-likeness (QED) is 0.706. The highest BCUT2D eigenvalue weighted by Gasteiger charge is 2.35. The molecule has 2 aliphatic carbocycles. The van der Waals surface area contributed by atoms with Gasteiger partial charge in [0.15, 0.2) is 0 Å². The molecule has 0 amide bonds. The third-order valence-electron chi connectivity index (χ3n) is 4.37. The first kappa shape index (κ1) is 10.3. The maximum absolute atomic E-state index is 6.26. The van der Waals surface area contributed by atoms with E-state index in [9.17, 15) is 0 Å². The molecule has 0 aliphatic heterocycles. The minimum Gasteiger partial charge on any atom is -0.324 e. The van der Waals surface area contributed by atoms with E-state index < -0.39 is 0 Å². The first-order chi connectivity index (χ1) is 7.58. The van der Waals surface area contributed by atoms with E-state index in [1.807, 2.05) is 0 Å². The van der Waals surface area contributed by atoms with Gasteiger partial charge in [0.1, 0.15) is 0 Å². The van der Waals surface area contributed by atoms with Crippen LogP contribution < -0.4 is 5.73 Å². The highest BCUT2D eigenvalue weighted by Crippen LogP contribution is 2.45. The molecular weight excluding hydrogens is 194 g/mol. The Morgan fingerprint density at radius 2 is 1.75 bits per heavy atom. The number of fused-ring (bicyclic) bond motifs is 2. The van der Waals surface area contributed by atoms with E-state index in [0.29, 0.717) is 0 Å². The predicted molar refractivity (Wildman–Crippen MR) is 67.7 cm³/mol. The molecule has 1 heteroatoms. The topological polar surface area (TPSA) is 26.0 Å². The second kappa shape index (κ2) is 3.33. The third kappa shape index (κ3) is 1.41. The second-order valence-corrected chi connectivity index (χ2v) is 6.11. The number of hydrogen-bond donors (Lipinski definition) is 1. The zero-order valence-electron chi connectivity index (χ0n) is 10.3. The van der Waals surface area contributed by atoms with E-state index in [1.165, 1.54) is 36.8 Å². The molecule has 0 bridgehead atoms. The first-order valence-electron chi connectivity index (χ1n) is 6.50. The summed E-state index contributed by atoms with van der Waals surface area (Å²) in [7, 11) is 0. The van der Waals surface area contributed by atoms with Crippen LogP contribution in [0.2, 0.25) is 0 Å². The van der Waals surface area contributed by atoms with Crippen LogP contribution in [0.1, 0.15) is 61.4 Å². The summed E-state index contributed by atoms with van der Waals surface area (Å²) in [6, 6.07) is 5.12. The van der Waals surface area contributed by atoms with E-state index in [4.69, 9.17) is 5.73 Å². The van der Waals surface area contributed by atoms with Gasteiger partial charge in [0.05, 0.1) is 0 Å². The van der Waals surface area contributed by atoms with Gasteiger partial charge in [-0.3, -0.25) is 0 Å². The van der Waals surface area contributed by atoms with Gasteiger partial charge in [-0.05, 0) is 59.8 Å². The lowest BCUT2D eigenvalue weighted by Crippen LogP contribution is -2.14. The number of benzene rings is 1. The van der Waals surface area contributed by atoms with E-state index in [2.05, 4.69) is 26.0 Å². The summed E-state index contributed by atoms with van der Waals surface area (Å²) in [6.07, 6.45) is 6.34. The van der Waals surface area contributed by atoms with Crippen LogP contribution in [0.4, 0.5) is 0 Å². The van der Waals surface area contributed by atoms with Crippen LogP contribution in [0.3, 0.4) is 0 Å². The van der Waals surface area contributed by atoms with Crippen molar-refractivity contribution in [1.29, 1.82) is 0 Å². The monoisotopic (exact) mass is 215 g/mol. The van der Waals surface area contributed by atoms with Crippen molar-refractivity contribution >= 4 is 0 Å². The smallest absolute Gasteiger partial charge is 0.0306 e. The number of nitrogens with two attached hydrogens (primary N) is 1. The fourth-order valence-corrected chi connectivity index (χ4v) is 3.47. The molecule has 0 saturated carbocycles. The molecule has 2 N–H and O–H groups in total. The molecule has 0 radical (unpaired) electrons. The Morgan fingerprint density at radius 1 is 1.12 bits per heavy atom. The van der Waals surface area contributed by atoms with E-state index in [0.717, 1.165) is 6.42 Å².